The van der Waals surface area contributed by atoms with E-state index in [4.69, 9.17) is 0 Å². The van der Waals surface area contributed by atoms with Crippen LogP contribution >= 0.6 is 11.3 Å². The molecule has 3 aromatic rings. The van der Waals surface area contributed by atoms with Crippen LogP contribution in [-0.2, 0) is 37.1 Å². The van der Waals surface area contributed by atoms with Gasteiger partial charge in [0.05, 0.1) is 11.7 Å². The van der Waals surface area contributed by atoms with Gasteiger partial charge in [0.15, 0.2) is 0 Å². The molecule has 2 aromatic heterocycles. The zero-order valence-corrected chi connectivity index (χ0v) is 16.6. The van der Waals surface area contributed by atoms with Gasteiger partial charge in [-0.25, -0.2) is 4.98 Å². The molecular formula is C22H23N3O2S. The van der Waals surface area contributed by atoms with Gasteiger partial charge in [-0.05, 0) is 48.8 Å². The second kappa shape index (κ2) is 7.17. The Morgan fingerprint density at radius 3 is 2.82 bits per heavy atom. The van der Waals surface area contributed by atoms with Gasteiger partial charge >= 0.3 is 0 Å². The number of rotatable bonds is 3. The average molecular weight is 394 g/mol. The highest BCUT2D eigenvalue weighted by molar-refractivity contribution is 7.18. The first-order valence-electron chi connectivity index (χ1n) is 10.0. The second-order valence-electron chi connectivity index (χ2n) is 7.72. The lowest BCUT2D eigenvalue weighted by Crippen LogP contribution is -2.36. The molecule has 28 heavy (non-hydrogen) atoms. The summed E-state index contributed by atoms with van der Waals surface area (Å²) < 4.78 is 1.62. The largest absolute Gasteiger partial charge is 0.338 e. The third kappa shape index (κ3) is 3.05. The highest BCUT2D eigenvalue weighted by Gasteiger charge is 2.22. The van der Waals surface area contributed by atoms with Crippen molar-refractivity contribution in [3.8, 4) is 0 Å². The van der Waals surface area contributed by atoms with Crippen LogP contribution in [0.25, 0.3) is 10.2 Å². The molecule has 0 atom stereocenters. The summed E-state index contributed by atoms with van der Waals surface area (Å²) in [6, 6.07) is 8.31. The minimum atomic E-state index is 0.0150. The van der Waals surface area contributed by atoms with E-state index in [2.05, 4.69) is 23.2 Å². The minimum absolute atomic E-state index is 0.0150. The van der Waals surface area contributed by atoms with Gasteiger partial charge in [-0.2, -0.15) is 0 Å². The van der Waals surface area contributed by atoms with E-state index < -0.39 is 0 Å². The number of fused-ring (bicyclic) bond motifs is 4. The number of aromatic nitrogens is 2. The summed E-state index contributed by atoms with van der Waals surface area (Å²) in [4.78, 5) is 34.4. The van der Waals surface area contributed by atoms with Crippen molar-refractivity contribution in [1.29, 1.82) is 0 Å². The molecule has 1 aliphatic heterocycles. The zero-order chi connectivity index (χ0) is 19.1. The predicted octanol–water partition coefficient (Wildman–Crippen LogP) is 3.31. The maximum Gasteiger partial charge on any atom is 0.262 e. The van der Waals surface area contributed by atoms with Gasteiger partial charge in [0.25, 0.3) is 5.56 Å². The first-order chi connectivity index (χ1) is 13.7. The van der Waals surface area contributed by atoms with Crippen LogP contribution in [0.4, 0.5) is 0 Å². The zero-order valence-electron chi connectivity index (χ0n) is 15.8. The average Bonchev–Trinajstić information content (AvgIpc) is 3.12. The number of hydrogen-bond donors (Lipinski definition) is 0. The van der Waals surface area contributed by atoms with E-state index in [0.717, 1.165) is 42.4 Å². The molecule has 144 valence electrons. The summed E-state index contributed by atoms with van der Waals surface area (Å²) in [6.45, 7) is 1.81. The summed E-state index contributed by atoms with van der Waals surface area (Å²) in [5, 5.41) is 0.793. The Kier molecular flexibility index (Phi) is 4.51. The predicted molar refractivity (Wildman–Crippen MR) is 111 cm³/mol. The maximum absolute atomic E-state index is 13.0. The van der Waals surface area contributed by atoms with Gasteiger partial charge in [-0.15, -0.1) is 11.3 Å². The normalized spacial score (nSPS) is 16.1. The Morgan fingerprint density at radius 1 is 1.11 bits per heavy atom. The first-order valence-corrected chi connectivity index (χ1v) is 10.9. The monoisotopic (exact) mass is 393 g/mol. The Balaban J connectivity index is 1.33. The van der Waals surface area contributed by atoms with Crippen LogP contribution in [-0.4, -0.2) is 26.9 Å². The topological polar surface area (TPSA) is 55.2 Å². The van der Waals surface area contributed by atoms with Crippen molar-refractivity contribution < 1.29 is 4.79 Å². The van der Waals surface area contributed by atoms with E-state index in [1.807, 2.05) is 11.0 Å². The fourth-order valence-corrected chi connectivity index (χ4v) is 5.64. The second-order valence-corrected chi connectivity index (χ2v) is 8.80. The van der Waals surface area contributed by atoms with Crippen LogP contribution in [0.1, 0.15) is 40.8 Å². The van der Waals surface area contributed by atoms with Crippen molar-refractivity contribution in [3.05, 3.63) is 62.5 Å². The van der Waals surface area contributed by atoms with E-state index in [1.165, 1.54) is 28.0 Å². The highest BCUT2D eigenvalue weighted by Crippen LogP contribution is 2.33. The van der Waals surface area contributed by atoms with Crippen molar-refractivity contribution in [2.45, 2.75) is 51.6 Å². The van der Waals surface area contributed by atoms with E-state index in [9.17, 15) is 9.59 Å². The summed E-state index contributed by atoms with van der Waals surface area (Å²) in [6.07, 6.45) is 7.22. The van der Waals surface area contributed by atoms with E-state index in [1.54, 1.807) is 22.2 Å². The molecule has 5 nitrogen and oxygen atoms in total. The molecule has 1 aromatic carbocycles. The highest BCUT2D eigenvalue weighted by atomic mass is 32.1. The van der Waals surface area contributed by atoms with Crippen LogP contribution in [0.5, 0.6) is 0 Å². The van der Waals surface area contributed by atoms with Crippen LogP contribution < -0.4 is 5.56 Å². The lowest BCUT2D eigenvalue weighted by Gasteiger charge is -2.29. The molecule has 0 bridgehead atoms. The van der Waals surface area contributed by atoms with Gasteiger partial charge in [-0.3, -0.25) is 14.2 Å². The molecule has 6 heteroatoms. The van der Waals surface area contributed by atoms with Gasteiger partial charge in [0.1, 0.15) is 4.83 Å². The van der Waals surface area contributed by atoms with Crippen molar-refractivity contribution >= 4 is 27.5 Å². The Labute approximate surface area is 167 Å². The van der Waals surface area contributed by atoms with E-state index >= 15 is 0 Å². The quantitative estimate of drug-likeness (QED) is 0.686. The Bertz CT molecular complexity index is 1110. The molecule has 5 rings (SSSR count). The molecule has 0 saturated carbocycles. The standard InChI is InChI=1S/C22H23N3O2S/c26-19(24-11-9-15-5-1-2-6-16(15)13-24)10-12-25-14-23-21-20(22(25)27)17-7-3-4-8-18(17)28-21/h1-2,5-6,14H,3-4,7-13H2. The lowest BCUT2D eigenvalue weighted by atomic mass is 9.97. The number of aryl methyl sites for hydroxylation is 3. The van der Waals surface area contributed by atoms with Crippen molar-refractivity contribution in [1.82, 2.24) is 14.5 Å². The number of hydrogen-bond acceptors (Lipinski definition) is 4. The molecule has 0 radical (unpaired) electrons. The molecule has 1 amide bonds. The Hall–Kier alpha value is -2.47. The number of nitrogens with zero attached hydrogens (tertiary/aromatic N) is 3. The lowest BCUT2D eigenvalue weighted by molar-refractivity contribution is -0.132. The number of carbonyl (C=O) groups excluding carboxylic acids is 1. The van der Waals surface area contributed by atoms with Gasteiger partial charge in [0, 0.05) is 30.9 Å². The van der Waals surface area contributed by atoms with Crippen LogP contribution in [0.15, 0.2) is 35.4 Å². The molecule has 0 N–H and O–H groups in total. The van der Waals surface area contributed by atoms with Crippen LogP contribution in [0, 0.1) is 0 Å². The molecule has 1 aliphatic carbocycles. The van der Waals surface area contributed by atoms with Crippen LogP contribution in [0.2, 0.25) is 0 Å². The van der Waals surface area contributed by atoms with Gasteiger partial charge in [-0.1, -0.05) is 24.3 Å². The van der Waals surface area contributed by atoms with Crippen molar-refractivity contribution in [2.24, 2.45) is 0 Å². The van der Waals surface area contributed by atoms with Crippen molar-refractivity contribution in [3.63, 3.8) is 0 Å². The van der Waals surface area contributed by atoms with Gasteiger partial charge in [0.2, 0.25) is 5.91 Å². The fourth-order valence-electron chi connectivity index (χ4n) is 4.42. The summed E-state index contributed by atoms with van der Waals surface area (Å²) >= 11 is 1.66. The molecule has 0 unspecified atom stereocenters. The summed E-state index contributed by atoms with van der Waals surface area (Å²) in [5.41, 5.74) is 3.78. The number of benzene rings is 1. The molecule has 0 saturated heterocycles. The third-order valence-electron chi connectivity index (χ3n) is 5.99. The summed E-state index contributed by atoms with van der Waals surface area (Å²) in [5.74, 6) is 0.105. The third-order valence-corrected chi connectivity index (χ3v) is 7.19. The first kappa shape index (κ1) is 17.6. The van der Waals surface area contributed by atoms with E-state index in [-0.39, 0.29) is 11.5 Å². The summed E-state index contributed by atoms with van der Waals surface area (Å²) in [7, 11) is 0. The fraction of sp³-hybridized carbons (Fsp3) is 0.409. The smallest absolute Gasteiger partial charge is 0.262 e. The molecule has 0 spiro atoms. The molecule has 0 fully saturated rings. The van der Waals surface area contributed by atoms with Gasteiger partial charge < -0.3 is 4.90 Å². The number of carbonyl (C=O) groups is 1. The number of thiophene rings is 1. The van der Waals surface area contributed by atoms with Crippen LogP contribution in [0.3, 0.4) is 0 Å². The van der Waals surface area contributed by atoms with Crippen molar-refractivity contribution in [2.75, 3.05) is 6.54 Å². The minimum Gasteiger partial charge on any atom is -0.338 e. The molecule has 2 aliphatic rings. The number of amides is 1. The van der Waals surface area contributed by atoms with E-state index in [0.29, 0.717) is 19.5 Å². The molecule has 3 heterocycles. The SMILES string of the molecule is O=C(CCn1cnc2sc3c(c2c1=O)CCCC3)N1CCc2ccccc2C1. The Morgan fingerprint density at radius 2 is 1.93 bits per heavy atom. The maximum atomic E-state index is 13.0. The molecular weight excluding hydrogens is 370 g/mol.